The Morgan fingerprint density at radius 1 is 1.24 bits per heavy atom. The van der Waals surface area contributed by atoms with Crippen LogP contribution in [0.4, 0.5) is 5.82 Å². The molecule has 176 valence electrons. The lowest BCUT2D eigenvalue weighted by atomic mass is 9.87. The van der Waals surface area contributed by atoms with Crippen LogP contribution in [0.15, 0.2) is 42.9 Å². The summed E-state index contributed by atoms with van der Waals surface area (Å²) in [5, 5.41) is 4.80. The van der Waals surface area contributed by atoms with E-state index in [2.05, 4.69) is 56.3 Å². The molecule has 0 bridgehead atoms. The zero-order valence-electron chi connectivity index (χ0n) is 19.2. The van der Waals surface area contributed by atoms with Crippen LogP contribution < -0.4 is 16.0 Å². The Hall–Kier alpha value is -2.68. The molecule has 1 amide bonds. The highest BCUT2D eigenvalue weighted by Crippen LogP contribution is 2.28. The number of nitrogens with one attached hydrogen (secondary N) is 2. The highest BCUT2D eigenvalue weighted by atomic mass is 35.5. The van der Waals surface area contributed by atoms with Crippen LogP contribution in [0.3, 0.4) is 0 Å². The van der Waals surface area contributed by atoms with Crippen molar-refractivity contribution in [3.8, 4) is 0 Å². The monoisotopic (exact) mass is 469 g/mol. The number of anilines is 1. The SMILES string of the molecule is CN(C)C(CCCNC(=O)C1(N)CCN(c2ncnc3[nH]ccc23)CC1)c1ccc(Cl)cc1. The standard InChI is InChI=1S/C24H32ClN7O/c1-31(2)20(17-5-7-18(25)8-6-17)4-3-12-28-23(33)24(26)10-14-32(15-11-24)22-19-9-13-27-21(19)29-16-30-22/h5-9,13,16,20H,3-4,10-12,14-15,26H2,1-2H3,(H,28,33)(H,27,29,30). The number of benzene rings is 1. The molecule has 2 aromatic heterocycles. The molecule has 0 aliphatic carbocycles. The van der Waals surface area contributed by atoms with Gasteiger partial charge in [-0.2, -0.15) is 0 Å². The second kappa shape index (κ2) is 10.1. The highest BCUT2D eigenvalue weighted by molar-refractivity contribution is 6.30. The first-order chi connectivity index (χ1) is 15.9. The van der Waals surface area contributed by atoms with Crippen molar-refractivity contribution in [2.45, 2.75) is 37.3 Å². The smallest absolute Gasteiger partial charge is 0.240 e. The molecule has 0 saturated carbocycles. The number of H-pyrrole nitrogens is 1. The number of halogens is 1. The third-order valence-corrected chi connectivity index (χ3v) is 6.81. The minimum atomic E-state index is -0.849. The van der Waals surface area contributed by atoms with E-state index < -0.39 is 5.54 Å². The maximum Gasteiger partial charge on any atom is 0.240 e. The molecular weight excluding hydrogens is 438 g/mol. The molecule has 1 aliphatic heterocycles. The largest absolute Gasteiger partial charge is 0.356 e. The summed E-state index contributed by atoms with van der Waals surface area (Å²) < 4.78 is 0. The molecule has 3 heterocycles. The second-order valence-corrected chi connectivity index (χ2v) is 9.45. The Balaban J connectivity index is 1.27. The van der Waals surface area contributed by atoms with Crippen LogP contribution in [0.1, 0.15) is 37.3 Å². The van der Waals surface area contributed by atoms with Crippen LogP contribution in [0.5, 0.6) is 0 Å². The Morgan fingerprint density at radius 2 is 1.97 bits per heavy atom. The maximum absolute atomic E-state index is 12.9. The van der Waals surface area contributed by atoms with E-state index in [1.54, 1.807) is 6.33 Å². The van der Waals surface area contributed by atoms with Gasteiger partial charge in [0.25, 0.3) is 0 Å². The van der Waals surface area contributed by atoms with Gasteiger partial charge in [0.1, 0.15) is 17.8 Å². The van der Waals surface area contributed by atoms with Gasteiger partial charge in [0, 0.05) is 36.9 Å². The number of hydrogen-bond acceptors (Lipinski definition) is 6. The summed E-state index contributed by atoms with van der Waals surface area (Å²) in [5.41, 5.74) is 7.72. The number of carbonyl (C=O) groups is 1. The van der Waals surface area contributed by atoms with E-state index in [0.29, 0.717) is 32.5 Å². The summed E-state index contributed by atoms with van der Waals surface area (Å²) in [7, 11) is 4.14. The van der Waals surface area contributed by atoms with Crippen molar-refractivity contribution >= 4 is 34.4 Å². The molecule has 9 heteroatoms. The van der Waals surface area contributed by atoms with Crippen LogP contribution in [0, 0.1) is 0 Å². The van der Waals surface area contributed by atoms with Gasteiger partial charge in [-0.1, -0.05) is 23.7 Å². The van der Waals surface area contributed by atoms with Crippen LogP contribution >= 0.6 is 11.6 Å². The molecule has 1 atom stereocenters. The minimum absolute atomic E-state index is 0.0653. The van der Waals surface area contributed by atoms with E-state index in [0.717, 1.165) is 34.7 Å². The number of nitrogens with zero attached hydrogens (tertiary/aromatic N) is 4. The zero-order valence-corrected chi connectivity index (χ0v) is 20.0. The summed E-state index contributed by atoms with van der Waals surface area (Å²) in [6.45, 7) is 1.97. The van der Waals surface area contributed by atoms with Crippen LogP contribution in [0.25, 0.3) is 11.0 Å². The third-order valence-electron chi connectivity index (χ3n) is 6.56. The van der Waals surface area contributed by atoms with Gasteiger partial charge in [0.2, 0.25) is 5.91 Å². The van der Waals surface area contributed by atoms with Gasteiger partial charge < -0.3 is 25.8 Å². The van der Waals surface area contributed by atoms with E-state index in [4.69, 9.17) is 17.3 Å². The average molecular weight is 470 g/mol. The molecule has 1 unspecified atom stereocenters. The van der Waals surface area contributed by atoms with E-state index in [-0.39, 0.29) is 11.9 Å². The molecule has 8 nitrogen and oxygen atoms in total. The maximum atomic E-state index is 12.9. The molecule has 3 aromatic rings. The van der Waals surface area contributed by atoms with E-state index >= 15 is 0 Å². The van der Waals surface area contributed by atoms with Crippen molar-refractivity contribution in [1.82, 2.24) is 25.2 Å². The van der Waals surface area contributed by atoms with Crippen LogP contribution in [0.2, 0.25) is 5.02 Å². The fourth-order valence-corrected chi connectivity index (χ4v) is 4.66. The minimum Gasteiger partial charge on any atom is -0.356 e. The Morgan fingerprint density at radius 3 is 2.67 bits per heavy atom. The summed E-state index contributed by atoms with van der Waals surface area (Å²) in [6.07, 6.45) is 6.39. The Labute approximate surface area is 199 Å². The lowest BCUT2D eigenvalue weighted by Crippen LogP contribution is -2.59. The molecule has 1 aliphatic rings. The predicted molar refractivity (Wildman–Crippen MR) is 132 cm³/mol. The van der Waals surface area contributed by atoms with Gasteiger partial charge >= 0.3 is 0 Å². The second-order valence-electron chi connectivity index (χ2n) is 9.01. The van der Waals surface area contributed by atoms with Gasteiger partial charge in [0.15, 0.2) is 0 Å². The molecule has 1 fully saturated rings. The molecule has 1 aromatic carbocycles. The lowest BCUT2D eigenvalue weighted by molar-refractivity contribution is -0.127. The molecule has 4 rings (SSSR count). The zero-order chi connectivity index (χ0) is 23.4. The predicted octanol–water partition coefficient (Wildman–Crippen LogP) is 3.11. The molecular formula is C24H32ClN7O. The average Bonchev–Trinajstić information content (AvgIpc) is 3.29. The van der Waals surface area contributed by atoms with Crippen LogP contribution in [-0.4, -0.2) is 65.0 Å². The van der Waals surface area contributed by atoms with Crippen molar-refractivity contribution in [1.29, 1.82) is 0 Å². The van der Waals surface area contributed by atoms with Gasteiger partial charge in [-0.3, -0.25) is 4.79 Å². The first kappa shape index (κ1) is 23.5. The van der Waals surface area contributed by atoms with Gasteiger partial charge in [0.05, 0.1) is 10.9 Å². The van der Waals surface area contributed by atoms with Crippen molar-refractivity contribution in [2.75, 3.05) is 38.6 Å². The summed E-state index contributed by atoms with van der Waals surface area (Å²) in [5.74, 6) is 0.824. The van der Waals surface area contributed by atoms with E-state index in [1.165, 1.54) is 5.56 Å². The normalized spacial score (nSPS) is 16.8. The number of fused-ring (bicyclic) bond motifs is 1. The third kappa shape index (κ3) is 5.29. The molecule has 0 radical (unpaired) electrons. The number of rotatable bonds is 8. The number of aromatic nitrogens is 3. The van der Waals surface area contributed by atoms with Gasteiger partial charge in [-0.15, -0.1) is 0 Å². The number of aromatic amines is 1. The van der Waals surface area contributed by atoms with Crippen molar-refractivity contribution < 1.29 is 4.79 Å². The lowest BCUT2D eigenvalue weighted by Gasteiger charge is -2.38. The van der Waals surface area contributed by atoms with Gasteiger partial charge in [-0.25, -0.2) is 9.97 Å². The molecule has 4 N–H and O–H groups in total. The van der Waals surface area contributed by atoms with Crippen molar-refractivity contribution in [3.05, 3.63) is 53.4 Å². The van der Waals surface area contributed by atoms with E-state index in [1.807, 2.05) is 24.4 Å². The molecule has 1 saturated heterocycles. The number of amides is 1. The van der Waals surface area contributed by atoms with Crippen LogP contribution in [-0.2, 0) is 4.79 Å². The topological polar surface area (TPSA) is 103 Å². The molecule has 0 spiro atoms. The highest BCUT2D eigenvalue weighted by Gasteiger charge is 2.38. The Kier molecular flexibility index (Phi) is 7.17. The number of carbonyl (C=O) groups excluding carboxylic acids is 1. The first-order valence-corrected chi connectivity index (χ1v) is 11.8. The fourth-order valence-electron chi connectivity index (χ4n) is 4.54. The summed E-state index contributed by atoms with van der Waals surface area (Å²) in [6, 6.07) is 10.2. The summed E-state index contributed by atoms with van der Waals surface area (Å²) >= 11 is 6.03. The van der Waals surface area contributed by atoms with Gasteiger partial charge in [-0.05, 0) is 63.5 Å². The fraction of sp³-hybridized carbons (Fsp3) is 0.458. The summed E-state index contributed by atoms with van der Waals surface area (Å²) in [4.78, 5) is 29.1. The van der Waals surface area contributed by atoms with E-state index in [9.17, 15) is 4.79 Å². The van der Waals surface area contributed by atoms with Crippen molar-refractivity contribution in [2.24, 2.45) is 5.73 Å². The Bertz CT molecular complexity index is 1070. The number of nitrogens with two attached hydrogens (primary N) is 1. The number of hydrogen-bond donors (Lipinski definition) is 3. The first-order valence-electron chi connectivity index (χ1n) is 11.4. The quantitative estimate of drug-likeness (QED) is 0.438. The molecule has 33 heavy (non-hydrogen) atoms. The van der Waals surface area contributed by atoms with Crippen molar-refractivity contribution in [3.63, 3.8) is 0 Å². The number of piperidine rings is 1.